The normalized spacial score (nSPS) is 19.9. The number of thiazole rings is 1. The molecule has 94 valence electrons. The first kappa shape index (κ1) is 12.3. The number of hydrogen-bond donors (Lipinski definition) is 2. The minimum Gasteiger partial charge on any atom is -0.327 e. The van der Waals surface area contributed by atoms with Gasteiger partial charge in [0.05, 0.1) is 5.69 Å². The van der Waals surface area contributed by atoms with Crippen LogP contribution in [0.3, 0.4) is 0 Å². The fourth-order valence-electron chi connectivity index (χ4n) is 1.62. The number of hydrogen-bond acceptors (Lipinski definition) is 4. The lowest BCUT2D eigenvalue weighted by molar-refractivity contribution is -0.167. The van der Waals surface area contributed by atoms with Crippen LogP contribution in [0.2, 0.25) is 0 Å². The van der Waals surface area contributed by atoms with Crippen molar-refractivity contribution in [2.45, 2.75) is 31.5 Å². The molecule has 17 heavy (non-hydrogen) atoms. The average molecular weight is 265 g/mol. The highest BCUT2D eigenvalue weighted by Gasteiger charge is 2.39. The summed E-state index contributed by atoms with van der Waals surface area (Å²) in [6.45, 7) is 0. The molecule has 0 bridgehead atoms. The van der Waals surface area contributed by atoms with E-state index in [1.54, 1.807) is 5.32 Å². The van der Waals surface area contributed by atoms with E-state index in [4.69, 9.17) is 5.73 Å². The summed E-state index contributed by atoms with van der Waals surface area (Å²) in [4.78, 5) is 15.5. The van der Waals surface area contributed by atoms with Gasteiger partial charge in [0.2, 0.25) is 0 Å². The molecule has 0 saturated carbocycles. The molecular formula is C9H10F3N3OS. The third kappa shape index (κ3) is 2.75. The summed E-state index contributed by atoms with van der Waals surface area (Å²) in [5, 5.41) is 1.75. The number of carbonyl (C=O) groups is 1. The van der Waals surface area contributed by atoms with Gasteiger partial charge in [0.25, 0.3) is 0 Å². The van der Waals surface area contributed by atoms with Crippen molar-refractivity contribution in [1.82, 2.24) is 4.98 Å². The van der Waals surface area contributed by atoms with Gasteiger partial charge in [-0.3, -0.25) is 10.1 Å². The van der Waals surface area contributed by atoms with Crippen LogP contribution in [0, 0.1) is 0 Å². The molecule has 1 aromatic rings. The molecule has 1 atom stereocenters. The predicted octanol–water partition coefficient (Wildman–Crippen LogP) is 1.46. The molecule has 8 heteroatoms. The molecule has 1 heterocycles. The maximum atomic E-state index is 12.0. The standard InChI is InChI=1S/C9H10F3N3OS/c10-9(11,12)7(16)15-8-14-5-2-1-4(13)3-6(5)17-8/h4H,1-3,13H2,(H,14,15,16). The van der Waals surface area contributed by atoms with E-state index in [1.807, 2.05) is 0 Å². The quantitative estimate of drug-likeness (QED) is 0.807. The maximum absolute atomic E-state index is 12.0. The molecule has 1 unspecified atom stereocenters. The van der Waals surface area contributed by atoms with Gasteiger partial charge >= 0.3 is 12.1 Å². The molecule has 1 aliphatic rings. The maximum Gasteiger partial charge on any atom is 0.471 e. The van der Waals surface area contributed by atoms with Crippen molar-refractivity contribution in [2.24, 2.45) is 5.73 Å². The summed E-state index contributed by atoms with van der Waals surface area (Å²) in [6, 6.07) is 0.0223. The van der Waals surface area contributed by atoms with Crippen LogP contribution >= 0.6 is 11.3 Å². The Morgan fingerprint density at radius 3 is 2.88 bits per heavy atom. The van der Waals surface area contributed by atoms with E-state index in [0.717, 1.165) is 28.3 Å². The largest absolute Gasteiger partial charge is 0.471 e. The number of fused-ring (bicyclic) bond motifs is 1. The van der Waals surface area contributed by atoms with Crippen molar-refractivity contribution in [3.05, 3.63) is 10.6 Å². The van der Waals surface area contributed by atoms with Gasteiger partial charge in [-0.25, -0.2) is 4.98 Å². The third-order valence-electron chi connectivity index (χ3n) is 2.46. The number of carbonyl (C=O) groups excluding carboxylic acids is 1. The van der Waals surface area contributed by atoms with Gasteiger partial charge in [-0.1, -0.05) is 0 Å². The van der Waals surface area contributed by atoms with Crippen LogP contribution in [0.5, 0.6) is 0 Å². The van der Waals surface area contributed by atoms with Crippen molar-refractivity contribution < 1.29 is 18.0 Å². The summed E-state index contributed by atoms with van der Waals surface area (Å²) in [6.07, 6.45) is -2.87. The monoisotopic (exact) mass is 265 g/mol. The first-order valence-electron chi connectivity index (χ1n) is 4.98. The zero-order valence-electron chi connectivity index (χ0n) is 8.67. The smallest absolute Gasteiger partial charge is 0.327 e. The Balaban J connectivity index is 2.11. The number of aryl methyl sites for hydroxylation is 1. The SMILES string of the molecule is NC1CCc2nc(NC(=O)C(F)(F)F)sc2C1. The summed E-state index contributed by atoms with van der Waals surface area (Å²) in [5.41, 5.74) is 6.49. The number of rotatable bonds is 1. The zero-order chi connectivity index (χ0) is 12.6. The van der Waals surface area contributed by atoms with Gasteiger partial charge in [-0.2, -0.15) is 13.2 Å². The second-order valence-electron chi connectivity index (χ2n) is 3.84. The number of aromatic nitrogens is 1. The molecule has 0 aromatic carbocycles. The first-order chi connectivity index (χ1) is 7.86. The van der Waals surface area contributed by atoms with Gasteiger partial charge in [-0.15, -0.1) is 11.3 Å². The summed E-state index contributed by atoms with van der Waals surface area (Å²) < 4.78 is 36.1. The summed E-state index contributed by atoms with van der Waals surface area (Å²) >= 11 is 1.06. The van der Waals surface area contributed by atoms with Crippen molar-refractivity contribution in [1.29, 1.82) is 0 Å². The molecule has 0 radical (unpaired) electrons. The third-order valence-corrected chi connectivity index (χ3v) is 3.49. The van der Waals surface area contributed by atoms with Gasteiger partial charge in [-0.05, 0) is 19.3 Å². The lowest BCUT2D eigenvalue weighted by Crippen LogP contribution is -2.29. The minimum absolute atomic E-state index is 0.00794. The van der Waals surface area contributed by atoms with Crippen molar-refractivity contribution in [2.75, 3.05) is 5.32 Å². The average Bonchev–Trinajstić information content (AvgIpc) is 2.57. The molecule has 4 nitrogen and oxygen atoms in total. The molecule has 0 fully saturated rings. The van der Waals surface area contributed by atoms with Crippen LogP contribution in [0.25, 0.3) is 0 Å². The lowest BCUT2D eigenvalue weighted by Gasteiger charge is -2.15. The van der Waals surface area contributed by atoms with Crippen LogP contribution in [-0.2, 0) is 17.6 Å². The van der Waals surface area contributed by atoms with E-state index in [1.165, 1.54) is 0 Å². The Bertz CT molecular complexity index is 443. The molecular weight excluding hydrogens is 255 g/mol. The highest BCUT2D eigenvalue weighted by Crippen LogP contribution is 2.30. The van der Waals surface area contributed by atoms with E-state index < -0.39 is 12.1 Å². The highest BCUT2D eigenvalue weighted by atomic mass is 32.1. The molecule has 0 aliphatic heterocycles. The lowest BCUT2D eigenvalue weighted by atomic mass is 9.99. The summed E-state index contributed by atoms with van der Waals surface area (Å²) in [5.74, 6) is -1.99. The molecule has 3 N–H and O–H groups in total. The summed E-state index contributed by atoms with van der Waals surface area (Å²) in [7, 11) is 0. The second kappa shape index (κ2) is 4.26. The van der Waals surface area contributed by atoms with Crippen LogP contribution in [0.1, 0.15) is 17.0 Å². The fraction of sp³-hybridized carbons (Fsp3) is 0.556. The van der Waals surface area contributed by atoms with Crippen LogP contribution in [0.4, 0.5) is 18.3 Å². The minimum atomic E-state index is -4.89. The molecule has 1 aromatic heterocycles. The first-order valence-corrected chi connectivity index (χ1v) is 5.80. The number of alkyl halides is 3. The number of nitrogens with one attached hydrogen (secondary N) is 1. The van der Waals surface area contributed by atoms with Crippen molar-refractivity contribution in [3.8, 4) is 0 Å². The van der Waals surface area contributed by atoms with Crippen LogP contribution < -0.4 is 11.1 Å². The van der Waals surface area contributed by atoms with Crippen LogP contribution in [-0.4, -0.2) is 23.1 Å². The Morgan fingerprint density at radius 1 is 1.53 bits per heavy atom. The Kier molecular flexibility index (Phi) is 3.09. The van der Waals surface area contributed by atoms with E-state index in [2.05, 4.69) is 4.98 Å². The Labute approximate surface area is 99.0 Å². The van der Waals surface area contributed by atoms with E-state index in [0.29, 0.717) is 12.8 Å². The van der Waals surface area contributed by atoms with Gasteiger partial charge in [0.15, 0.2) is 5.13 Å². The number of amides is 1. The topological polar surface area (TPSA) is 68.0 Å². The number of nitrogens with two attached hydrogens (primary N) is 1. The highest BCUT2D eigenvalue weighted by molar-refractivity contribution is 7.15. The molecule has 0 saturated heterocycles. The van der Waals surface area contributed by atoms with Gasteiger partial charge in [0, 0.05) is 10.9 Å². The number of nitrogens with zero attached hydrogens (tertiary/aromatic N) is 1. The van der Waals surface area contributed by atoms with Crippen molar-refractivity contribution in [3.63, 3.8) is 0 Å². The number of anilines is 1. The Morgan fingerprint density at radius 2 is 2.24 bits per heavy atom. The second-order valence-corrected chi connectivity index (χ2v) is 4.93. The van der Waals surface area contributed by atoms with Crippen molar-refractivity contribution >= 4 is 22.4 Å². The molecule has 1 amide bonds. The fourth-order valence-corrected chi connectivity index (χ4v) is 2.72. The van der Waals surface area contributed by atoms with Gasteiger partial charge < -0.3 is 5.73 Å². The van der Waals surface area contributed by atoms with E-state index >= 15 is 0 Å². The van der Waals surface area contributed by atoms with Crippen LogP contribution in [0.15, 0.2) is 0 Å². The molecule has 1 aliphatic carbocycles. The number of halogens is 3. The van der Waals surface area contributed by atoms with Gasteiger partial charge in [0.1, 0.15) is 0 Å². The predicted molar refractivity (Wildman–Crippen MR) is 56.8 cm³/mol. The molecule has 2 rings (SSSR count). The van der Waals surface area contributed by atoms with E-state index in [9.17, 15) is 18.0 Å². The van der Waals surface area contributed by atoms with E-state index in [-0.39, 0.29) is 11.2 Å². The Hall–Kier alpha value is -1.15. The zero-order valence-corrected chi connectivity index (χ0v) is 9.49. The molecule has 0 spiro atoms.